The Morgan fingerprint density at radius 1 is 1.19 bits per heavy atom. The standard InChI is InChI=1S/C12H23N3O/c1-4-7-13-8-6-11-14-15-12(16-11)9-10(3)5-2/h10,13H,4-9H2,1-3H3. The molecule has 0 aliphatic rings. The number of hydrogen-bond donors (Lipinski definition) is 1. The summed E-state index contributed by atoms with van der Waals surface area (Å²) in [6, 6.07) is 0. The lowest BCUT2D eigenvalue weighted by molar-refractivity contribution is 0.409. The van der Waals surface area contributed by atoms with E-state index in [-0.39, 0.29) is 0 Å². The molecule has 1 N–H and O–H groups in total. The normalized spacial score (nSPS) is 12.9. The molecular formula is C12H23N3O. The van der Waals surface area contributed by atoms with Gasteiger partial charge in [0.25, 0.3) is 0 Å². The molecule has 0 aromatic carbocycles. The maximum atomic E-state index is 5.57. The predicted molar refractivity (Wildman–Crippen MR) is 64.3 cm³/mol. The van der Waals surface area contributed by atoms with Gasteiger partial charge in [-0.3, -0.25) is 0 Å². The van der Waals surface area contributed by atoms with Crippen molar-refractivity contribution < 1.29 is 4.42 Å². The van der Waals surface area contributed by atoms with Gasteiger partial charge in [0.1, 0.15) is 0 Å². The van der Waals surface area contributed by atoms with Crippen molar-refractivity contribution in [1.82, 2.24) is 15.5 Å². The fourth-order valence-electron chi connectivity index (χ4n) is 1.41. The van der Waals surface area contributed by atoms with E-state index in [2.05, 4.69) is 36.3 Å². The van der Waals surface area contributed by atoms with Gasteiger partial charge in [0, 0.05) is 19.4 Å². The van der Waals surface area contributed by atoms with E-state index in [9.17, 15) is 0 Å². The smallest absolute Gasteiger partial charge is 0.217 e. The molecule has 16 heavy (non-hydrogen) atoms. The number of nitrogens with zero attached hydrogens (tertiary/aromatic N) is 2. The van der Waals surface area contributed by atoms with Crippen LogP contribution in [0.5, 0.6) is 0 Å². The van der Waals surface area contributed by atoms with Crippen molar-refractivity contribution in [1.29, 1.82) is 0 Å². The van der Waals surface area contributed by atoms with Gasteiger partial charge in [-0.05, 0) is 18.9 Å². The second-order valence-corrected chi connectivity index (χ2v) is 4.31. The zero-order valence-electron chi connectivity index (χ0n) is 10.6. The Labute approximate surface area is 97.8 Å². The molecule has 0 fully saturated rings. The minimum Gasteiger partial charge on any atom is -0.425 e. The second-order valence-electron chi connectivity index (χ2n) is 4.31. The van der Waals surface area contributed by atoms with Crippen molar-refractivity contribution in [3.63, 3.8) is 0 Å². The van der Waals surface area contributed by atoms with Crippen LogP contribution in [0.2, 0.25) is 0 Å². The highest BCUT2D eigenvalue weighted by Crippen LogP contribution is 2.10. The highest BCUT2D eigenvalue weighted by atomic mass is 16.4. The Kier molecular flexibility index (Phi) is 6.08. The van der Waals surface area contributed by atoms with Crippen molar-refractivity contribution in [3.8, 4) is 0 Å². The van der Waals surface area contributed by atoms with E-state index < -0.39 is 0 Å². The van der Waals surface area contributed by atoms with Gasteiger partial charge in [0.15, 0.2) is 0 Å². The third-order valence-corrected chi connectivity index (χ3v) is 2.67. The lowest BCUT2D eigenvalue weighted by atomic mass is 10.1. The zero-order chi connectivity index (χ0) is 11.8. The summed E-state index contributed by atoms with van der Waals surface area (Å²) in [5, 5.41) is 11.4. The minimum absolute atomic E-state index is 0.617. The summed E-state index contributed by atoms with van der Waals surface area (Å²) in [5.74, 6) is 2.15. The maximum Gasteiger partial charge on any atom is 0.217 e. The monoisotopic (exact) mass is 225 g/mol. The van der Waals surface area contributed by atoms with Crippen LogP contribution in [0.25, 0.3) is 0 Å². The Hall–Kier alpha value is -0.900. The summed E-state index contributed by atoms with van der Waals surface area (Å²) in [7, 11) is 0. The molecule has 0 radical (unpaired) electrons. The summed E-state index contributed by atoms with van der Waals surface area (Å²) >= 11 is 0. The topological polar surface area (TPSA) is 51.0 Å². The van der Waals surface area contributed by atoms with Crippen molar-refractivity contribution >= 4 is 0 Å². The highest BCUT2D eigenvalue weighted by molar-refractivity contribution is 4.84. The molecule has 4 nitrogen and oxygen atoms in total. The fourth-order valence-corrected chi connectivity index (χ4v) is 1.41. The average molecular weight is 225 g/mol. The average Bonchev–Trinajstić information content (AvgIpc) is 2.72. The van der Waals surface area contributed by atoms with Crippen LogP contribution in [0.3, 0.4) is 0 Å². The highest BCUT2D eigenvalue weighted by Gasteiger charge is 2.08. The SMILES string of the molecule is CCCNCCc1nnc(CC(C)CC)o1. The third-order valence-electron chi connectivity index (χ3n) is 2.67. The molecule has 0 saturated carbocycles. The van der Waals surface area contributed by atoms with Crippen molar-refractivity contribution in [3.05, 3.63) is 11.8 Å². The van der Waals surface area contributed by atoms with Gasteiger partial charge in [-0.2, -0.15) is 0 Å². The molecule has 1 aromatic rings. The summed E-state index contributed by atoms with van der Waals surface area (Å²) in [6.07, 6.45) is 4.03. The van der Waals surface area contributed by atoms with Gasteiger partial charge in [-0.1, -0.05) is 27.2 Å². The van der Waals surface area contributed by atoms with Crippen LogP contribution in [0, 0.1) is 5.92 Å². The van der Waals surface area contributed by atoms with Crippen molar-refractivity contribution in [2.45, 2.75) is 46.5 Å². The Bertz CT molecular complexity index is 286. The molecule has 0 aliphatic heterocycles. The number of hydrogen-bond acceptors (Lipinski definition) is 4. The van der Waals surface area contributed by atoms with Gasteiger partial charge in [-0.25, -0.2) is 0 Å². The van der Waals surface area contributed by atoms with Crippen molar-refractivity contribution in [2.24, 2.45) is 5.92 Å². The number of aromatic nitrogens is 2. The van der Waals surface area contributed by atoms with E-state index in [1.807, 2.05) is 0 Å². The molecule has 1 heterocycles. The summed E-state index contributed by atoms with van der Waals surface area (Å²) in [6.45, 7) is 8.50. The van der Waals surface area contributed by atoms with E-state index in [1.165, 1.54) is 0 Å². The lowest BCUT2D eigenvalue weighted by Gasteiger charge is -2.02. The fraction of sp³-hybridized carbons (Fsp3) is 0.833. The Morgan fingerprint density at radius 3 is 2.62 bits per heavy atom. The molecule has 1 aromatic heterocycles. The summed E-state index contributed by atoms with van der Waals surface area (Å²) < 4.78 is 5.57. The molecule has 92 valence electrons. The first-order chi connectivity index (χ1) is 7.76. The quantitative estimate of drug-likeness (QED) is 0.689. The van der Waals surface area contributed by atoms with E-state index in [0.717, 1.165) is 50.6 Å². The van der Waals surface area contributed by atoms with Gasteiger partial charge in [-0.15, -0.1) is 10.2 Å². The van der Waals surface area contributed by atoms with Crippen molar-refractivity contribution in [2.75, 3.05) is 13.1 Å². The molecule has 1 rings (SSSR count). The molecule has 0 bridgehead atoms. The van der Waals surface area contributed by atoms with Gasteiger partial charge < -0.3 is 9.73 Å². The van der Waals surface area contributed by atoms with Crippen LogP contribution < -0.4 is 5.32 Å². The molecule has 0 spiro atoms. The largest absolute Gasteiger partial charge is 0.425 e. The molecule has 1 atom stereocenters. The zero-order valence-corrected chi connectivity index (χ0v) is 10.6. The second kappa shape index (κ2) is 7.39. The molecular weight excluding hydrogens is 202 g/mol. The molecule has 0 saturated heterocycles. The maximum absolute atomic E-state index is 5.57. The Balaban J connectivity index is 2.28. The van der Waals surface area contributed by atoms with Gasteiger partial charge in [0.05, 0.1) is 0 Å². The van der Waals surface area contributed by atoms with Crippen LogP contribution in [0.15, 0.2) is 4.42 Å². The summed E-state index contributed by atoms with van der Waals surface area (Å²) in [5.41, 5.74) is 0. The van der Waals surface area contributed by atoms with Crippen LogP contribution in [-0.2, 0) is 12.8 Å². The minimum atomic E-state index is 0.617. The van der Waals surface area contributed by atoms with E-state index in [1.54, 1.807) is 0 Å². The molecule has 1 unspecified atom stereocenters. The lowest BCUT2D eigenvalue weighted by Crippen LogP contribution is -2.17. The number of nitrogens with one attached hydrogen (secondary N) is 1. The summed E-state index contributed by atoms with van der Waals surface area (Å²) in [4.78, 5) is 0. The Morgan fingerprint density at radius 2 is 1.94 bits per heavy atom. The van der Waals surface area contributed by atoms with Crippen LogP contribution in [0.4, 0.5) is 0 Å². The van der Waals surface area contributed by atoms with Gasteiger partial charge in [0.2, 0.25) is 11.8 Å². The first-order valence-corrected chi connectivity index (χ1v) is 6.28. The number of rotatable bonds is 8. The van der Waals surface area contributed by atoms with Crippen LogP contribution >= 0.6 is 0 Å². The molecule has 0 amide bonds. The first kappa shape index (κ1) is 13.2. The van der Waals surface area contributed by atoms with E-state index in [0.29, 0.717) is 5.92 Å². The van der Waals surface area contributed by atoms with Crippen LogP contribution in [-0.4, -0.2) is 23.3 Å². The first-order valence-electron chi connectivity index (χ1n) is 6.28. The van der Waals surface area contributed by atoms with E-state index >= 15 is 0 Å². The van der Waals surface area contributed by atoms with E-state index in [4.69, 9.17) is 4.42 Å². The predicted octanol–water partition coefficient (Wildman–Crippen LogP) is 2.20. The van der Waals surface area contributed by atoms with Crippen LogP contribution in [0.1, 0.15) is 45.4 Å². The van der Waals surface area contributed by atoms with Gasteiger partial charge >= 0.3 is 0 Å². The molecule has 4 heteroatoms. The molecule has 0 aliphatic carbocycles. The third kappa shape index (κ3) is 4.75.